The number of nitrogens with zero attached hydrogens (tertiary/aromatic N) is 1. The summed E-state index contributed by atoms with van der Waals surface area (Å²) < 4.78 is 17.1. The summed E-state index contributed by atoms with van der Waals surface area (Å²) in [7, 11) is 0. The zero-order valence-electron chi connectivity index (χ0n) is 27.5. The lowest BCUT2D eigenvalue weighted by Crippen LogP contribution is -2.24. The number of amides is 2. The van der Waals surface area contributed by atoms with Crippen molar-refractivity contribution < 1.29 is 28.6 Å². The number of hydrogen-bond donors (Lipinski definition) is 2. The zero-order chi connectivity index (χ0) is 34.8. The smallest absolute Gasteiger partial charge is 0.436 e. The SMILES string of the molecule is CC(C)(C)OC(=O)/N=C(\N)c1ccc(NC(=O)c2c(OCc3ccccc3)cccc2-c2ccccc2C(=O)OCc2ccccc2)cc1. The first-order chi connectivity index (χ1) is 23.6. The van der Waals surface area contributed by atoms with Gasteiger partial charge in [0.1, 0.15) is 30.4 Å². The highest BCUT2D eigenvalue weighted by Crippen LogP contribution is 2.34. The maximum Gasteiger partial charge on any atom is 0.436 e. The molecule has 0 bridgehead atoms. The minimum atomic E-state index is -0.800. The molecule has 5 aromatic carbocycles. The third-order valence-corrected chi connectivity index (χ3v) is 7.18. The second kappa shape index (κ2) is 15.6. The maximum absolute atomic E-state index is 14.1. The Balaban J connectivity index is 1.45. The number of hydrogen-bond acceptors (Lipinski definition) is 6. The standard InChI is InChI=1S/C40H37N3O6/c1-40(2,3)49-39(46)43-36(41)29-21-23-30(24-22-29)42-37(44)35-32(19-12-20-34(35)47-25-27-13-6-4-7-14-27)31-17-10-11-18-33(31)38(45)48-26-28-15-8-5-9-16-28/h4-24H,25-26H2,1-3H3,(H,42,44)(H2,41,43,46). The number of rotatable bonds is 10. The van der Waals surface area contributed by atoms with Gasteiger partial charge in [-0.05, 0) is 79.4 Å². The molecule has 0 spiro atoms. The number of amidine groups is 1. The molecule has 0 fully saturated rings. The summed E-state index contributed by atoms with van der Waals surface area (Å²) in [5.74, 6) is -0.682. The largest absolute Gasteiger partial charge is 0.488 e. The van der Waals surface area contributed by atoms with Gasteiger partial charge in [-0.25, -0.2) is 9.59 Å². The van der Waals surface area contributed by atoms with Gasteiger partial charge in [0.15, 0.2) is 0 Å². The second-order valence-electron chi connectivity index (χ2n) is 12.1. The fourth-order valence-electron chi connectivity index (χ4n) is 4.91. The molecule has 0 aliphatic rings. The van der Waals surface area contributed by atoms with Crippen LogP contribution in [0.3, 0.4) is 0 Å². The van der Waals surface area contributed by atoms with Crippen molar-refractivity contribution in [2.75, 3.05) is 5.32 Å². The molecule has 2 amide bonds. The van der Waals surface area contributed by atoms with Crippen LogP contribution < -0.4 is 15.8 Å². The van der Waals surface area contributed by atoms with E-state index in [4.69, 9.17) is 19.9 Å². The molecule has 3 N–H and O–H groups in total. The van der Waals surface area contributed by atoms with Crippen LogP contribution in [0.5, 0.6) is 5.75 Å². The number of carbonyl (C=O) groups is 3. The van der Waals surface area contributed by atoms with E-state index in [2.05, 4.69) is 10.3 Å². The van der Waals surface area contributed by atoms with E-state index < -0.39 is 23.6 Å². The van der Waals surface area contributed by atoms with E-state index >= 15 is 0 Å². The van der Waals surface area contributed by atoms with Crippen molar-refractivity contribution in [1.82, 2.24) is 0 Å². The van der Waals surface area contributed by atoms with Gasteiger partial charge < -0.3 is 25.3 Å². The molecule has 0 unspecified atom stereocenters. The van der Waals surface area contributed by atoms with Gasteiger partial charge in [-0.3, -0.25) is 4.79 Å². The third-order valence-electron chi connectivity index (χ3n) is 7.18. The molecule has 248 valence electrons. The van der Waals surface area contributed by atoms with Crippen molar-refractivity contribution in [1.29, 1.82) is 0 Å². The molecule has 5 rings (SSSR count). The molecule has 0 heterocycles. The lowest BCUT2D eigenvalue weighted by Gasteiger charge is -2.18. The summed E-state index contributed by atoms with van der Waals surface area (Å²) >= 11 is 0. The van der Waals surface area contributed by atoms with Crippen LogP contribution >= 0.6 is 0 Å². The summed E-state index contributed by atoms with van der Waals surface area (Å²) in [4.78, 5) is 43.4. The Morgan fingerprint density at radius 2 is 1.29 bits per heavy atom. The molecule has 0 aromatic heterocycles. The molecular formula is C40H37N3O6. The van der Waals surface area contributed by atoms with E-state index in [0.29, 0.717) is 33.7 Å². The number of ether oxygens (including phenoxy) is 3. The molecule has 0 aliphatic carbocycles. The van der Waals surface area contributed by atoms with Gasteiger partial charge in [0.2, 0.25) is 0 Å². The molecule has 0 saturated heterocycles. The Kier molecular flexibility index (Phi) is 10.9. The molecule has 5 aromatic rings. The average Bonchev–Trinajstić information content (AvgIpc) is 3.09. The predicted octanol–water partition coefficient (Wildman–Crippen LogP) is 8.18. The van der Waals surface area contributed by atoms with Crippen LogP contribution in [0, 0.1) is 0 Å². The number of nitrogens with two attached hydrogens (primary N) is 1. The summed E-state index contributed by atoms with van der Waals surface area (Å²) in [6, 6.07) is 37.8. The van der Waals surface area contributed by atoms with Crippen LogP contribution in [0.15, 0.2) is 132 Å². The Bertz CT molecular complexity index is 1950. The summed E-state index contributed by atoms with van der Waals surface area (Å²) in [6.45, 7) is 5.53. The van der Waals surface area contributed by atoms with Crippen molar-refractivity contribution in [3.05, 3.63) is 155 Å². The highest BCUT2D eigenvalue weighted by atomic mass is 16.6. The van der Waals surface area contributed by atoms with E-state index in [9.17, 15) is 14.4 Å². The molecular weight excluding hydrogens is 618 g/mol. The van der Waals surface area contributed by atoms with Crippen molar-refractivity contribution in [3.8, 4) is 16.9 Å². The van der Waals surface area contributed by atoms with Crippen LogP contribution in [-0.2, 0) is 22.7 Å². The molecule has 0 atom stereocenters. The van der Waals surface area contributed by atoms with Gasteiger partial charge in [-0.15, -0.1) is 0 Å². The minimum absolute atomic E-state index is 0.0233. The zero-order valence-corrected chi connectivity index (χ0v) is 27.5. The Hall–Kier alpha value is -6.22. The molecule has 0 saturated carbocycles. The van der Waals surface area contributed by atoms with Crippen LogP contribution in [0.4, 0.5) is 10.5 Å². The summed E-state index contributed by atoms with van der Waals surface area (Å²) in [6.07, 6.45) is -0.800. The monoisotopic (exact) mass is 655 g/mol. The number of carbonyl (C=O) groups excluding carboxylic acids is 3. The normalized spacial score (nSPS) is 11.4. The van der Waals surface area contributed by atoms with Crippen molar-refractivity contribution >= 4 is 29.5 Å². The van der Waals surface area contributed by atoms with E-state index in [1.54, 1.807) is 87.5 Å². The molecule has 0 aliphatic heterocycles. The predicted molar refractivity (Wildman–Crippen MR) is 190 cm³/mol. The van der Waals surface area contributed by atoms with E-state index in [1.165, 1.54) is 0 Å². The Morgan fingerprint density at radius 1 is 0.694 bits per heavy atom. The van der Waals surface area contributed by atoms with E-state index in [-0.39, 0.29) is 24.6 Å². The summed E-state index contributed by atoms with van der Waals surface area (Å²) in [5, 5.41) is 2.93. The fourth-order valence-corrected chi connectivity index (χ4v) is 4.91. The first-order valence-electron chi connectivity index (χ1n) is 15.7. The highest BCUT2D eigenvalue weighted by Gasteiger charge is 2.23. The molecule has 9 heteroatoms. The van der Waals surface area contributed by atoms with Gasteiger partial charge >= 0.3 is 12.1 Å². The van der Waals surface area contributed by atoms with Gasteiger partial charge in [0.05, 0.1) is 11.1 Å². The number of aliphatic imine (C=N–C) groups is 1. The molecule has 9 nitrogen and oxygen atoms in total. The first kappa shape index (κ1) is 34.1. The number of nitrogens with one attached hydrogen (secondary N) is 1. The summed E-state index contributed by atoms with van der Waals surface area (Å²) in [5.41, 5.74) is 9.57. The number of anilines is 1. The van der Waals surface area contributed by atoms with Crippen LogP contribution in [-0.4, -0.2) is 29.4 Å². The molecule has 49 heavy (non-hydrogen) atoms. The highest BCUT2D eigenvalue weighted by molar-refractivity contribution is 6.12. The lowest BCUT2D eigenvalue weighted by atomic mass is 9.94. The molecule has 0 radical (unpaired) electrons. The number of benzene rings is 5. The average molecular weight is 656 g/mol. The second-order valence-corrected chi connectivity index (χ2v) is 12.1. The van der Waals surface area contributed by atoms with Crippen molar-refractivity contribution in [2.24, 2.45) is 10.7 Å². The van der Waals surface area contributed by atoms with Gasteiger partial charge in [0, 0.05) is 11.3 Å². The van der Waals surface area contributed by atoms with E-state index in [1.807, 2.05) is 60.7 Å². The fraction of sp³-hybridized carbons (Fsp3) is 0.150. The Morgan fingerprint density at radius 3 is 1.94 bits per heavy atom. The quantitative estimate of drug-likeness (QED) is 0.0882. The van der Waals surface area contributed by atoms with Gasteiger partial charge in [0.25, 0.3) is 5.91 Å². The van der Waals surface area contributed by atoms with Gasteiger partial charge in [-0.2, -0.15) is 4.99 Å². The Labute approximate surface area is 285 Å². The van der Waals surface area contributed by atoms with Crippen LogP contribution in [0.2, 0.25) is 0 Å². The third kappa shape index (κ3) is 9.42. The van der Waals surface area contributed by atoms with Crippen molar-refractivity contribution in [3.63, 3.8) is 0 Å². The minimum Gasteiger partial charge on any atom is -0.488 e. The maximum atomic E-state index is 14.1. The first-order valence-corrected chi connectivity index (χ1v) is 15.7. The van der Waals surface area contributed by atoms with Crippen LogP contribution in [0.25, 0.3) is 11.1 Å². The van der Waals surface area contributed by atoms with E-state index in [0.717, 1.165) is 11.1 Å². The van der Waals surface area contributed by atoms with Gasteiger partial charge in [-0.1, -0.05) is 91.0 Å². The number of esters is 1. The van der Waals surface area contributed by atoms with Crippen molar-refractivity contribution in [2.45, 2.75) is 39.6 Å². The lowest BCUT2D eigenvalue weighted by molar-refractivity contribution is 0.0472. The van der Waals surface area contributed by atoms with Crippen LogP contribution in [0.1, 0.15) is 58.2 Å². The topological polar surface area (TPSA) is 129 Å².